The zero-order chi connectivity index (χ0) is 13.9. The molecule has 1 fully saturated rings. The number of ether oxygens (including phenoxy) is 3. The molecule has 1 aromatic carbocycles. The van der Waals surface area contributed by atoms with E-state index in [1.165, 1.54) is 7.11 Å². The Balaban J connectivity index is 1.93. The summed E-state index contributed by atoms with van der Waals surface area (Å²) in [6.45, 7) is 5.08. The molecule has 0 radical (unpaired) electrons. The number of benzene rings is 1. The summed E-state index contributed by atoms with van der Waals surface area (Å²) >= 11 is 0. The fraction of sp³-hybridized carbons (Fsp3) is 0.571. The summed E-state index contributed by atoms with van der Waals surface area (Å²) in [5.41, 5.74) is 0.529. The standard InChI is InChI=1S/C14H19FN2O3/c1-18-11-8-12-14(20-7-6-19-12)10(13(11)15)9-17-4-2-16-3-5-17/h8,16H,2-7,9H2,1H3. The minimum atomic E-state index is -0.352. The SMILES string of the molecule is COc1cc2c(c(CN3CCNCC3)c1F)OCCO2. The van der Waals surface area contributed by atoms with Crippen LogP contribution in [0.4, 0.5) is 4.39 Å². The Hall–Kier alpha value is -1.53. The van der Waals surface area contributed by atoms with Crippen LogP contribution in [-0.4, -0.2) is 51.4 Å². The minimum Gasteiger partial charge on any atom is -0.494 e. The van der Waals surface area contributed by atoms with Crippen LogP contribution in [0.25, 0.3) is 0 Å². The number of piperazine rings is 1. The lowest BCUT2D eigenvalue weighted by Crippen LogP contribution is -2.43. The Bertz CT molecular complexity index is 490. The molecule has 0 atom stereocenters. The molecular formula is C14H19FN2O3. The first-order valence-corrected chi connectivity index (χ1v) is 6.87. The summed E-state index contributed by atoms with van der Waals surface area (Å²) in [6, 6.07) is 1.56. The van der Waals surface area contributed by atoms with Gasteiger partial charge in [0.25, 0.3) is 0 Å². The number of methoxy groups -OCH3 is 1. The molecule has 2 heterocycles. The van der Waals surface area contributed by atoms with Crippen molar-refractivity contribution < 1.29 is 18.6 Å². The van der Waals surface area contributed by atoms with Crippen LogP contribution in [-0.2, 0) is 6.54 Å². The first-order valence-electron chi connectivity index (χ1n) is 6.87. The molecule has 0 saturated carbocycles. The van der Waals surface area contributed by atoms with E-state index in [0.29, 0.717) is 36.8 Å². The van der Waals surface area contributed by atoms with Crippen molar-refractivity contribution in [1.29, 1.82) is 0 Å². The summed E-state index contributed by atoms with van der Waals surface area (Å²) in [5, 5.41) is 3.28. The maximum atomic E-state index is 14.5. The van der Waals surface area contributed by atoms with Gasteiger partial charge in [-0.25, -0.2) is 4.39 Å². The number of rotatable bonds is 3. The largest absolute Gasteiger partial charge is 0.494 e. The summed E-state index contributed by atoms with van der Waals surface area (Å²) in [4.78, 5) is 2.20. The van der Waals surface area contributed by atoms with Crippen molar-refractivity contribution in [3.05, 3.63) is 17.4 Å². The highest BCUT2D eigenvalue weighted by Gasteiger charge is 2.25. The van der Waals surface area contributed by atoms with Crippen molar-refractivity contribution in [1.82, 2.24) is 10.2 Å². The molecule has 2 aliphatic rings. The molecule has 1 aromatic rings. The summed E-state index contributed by atoms with van der Waals surface area (Å²) in [5.74, 6) is 0.947. The summed E-state index contributed by atoms with van der Waals surface area (Å²) in [7, 11) is 1.46. The fourth-order valence-corrected chi connectivity index (χ4v) is 2.59. The minimum absolute atomic E-state index is 0.208. The van der Waals surface area contributed by atoms with E-state index in [9.17, 15) is 4.39 Å². The van der Waals surface area contributed by atoms with Crippen molar-refractivity contribution in [2.45, 2.75) is 6.54 Å². The van der Waals surface area contributed by atoms with Crippen molar-refractivity contribution in [3.63, 3.8) is 0 Å². The lowest BCUT2D eigenvalue weighted by atomic mass is 10.1. The maximum absolute atomic E-state index is 14.5. The van der Waals surface area contributed by atoms with Crippen molar-refractivity contribution in [3.8, 4) is 17.2 Å². The predicted molar refractivity (Wildman–Crippen MR) is 72.1 cm³/mol. The quantitative estimate of drug-likeness (QED) is 0.896. The zero-order valence-electron chi connectivity index (χ0n) is 11.6. The molecule has 0 unspecified atom stereocenters. The van der Waals surface area contributed by atoms with Crippen molar-refractivity contribution in [2.75, 3.05) is 46.5 Å². The van der Waals surface area contributed by atoms with Crippen LogP contribution < -0.4 is 19.5 Å². The third kappa shape index (κ3) is 2.53. The second-order valence-corrected chi connectivity index (χ2v) is 4.92. The molecule has 0 spiro atoms. The number of hydrogen-bond acceptors (Lipinski definition) is 5. The highest BCUT2D eigenvalue weighted by molar-refractivity contribution is 5.53. The van der Waals surface area contributed by atoms with Gasteiger partial charge in [0.15, 0.2) is 23.1 Å². The number of hydrogen-bond donors (Lipinski definition) is 1. The monoisotopic (exact) mass is 282 g/mol. The van der Waals surface area contributed by atoms with Gasteiger partial charge < -0.3 is 19.5 Å². The number of nitrogens with zero attached hydrogens (tertiary/aromatic N) is 1. The Labute approximate surface area is 117 Å². The van der Waals surface area contributed by atoms with Gasteiger partial charge in [-0.1, -0.05) is 0 Å². The van der Waals surface area contributed by atoms with Gasteiger partial charge in [-0.05, 0) is 0 Å². The molecule has 0 amide bonds. The predicted octanol–water partition coefficient (Wildman–Crippen LogP) is 1.01. The van der Waals surface area contributed by atoms with Gasteiger partial charge in [0.1, 0.15) is 13.2 Å². The molecule has 1 N–H and O–H groups in total. The third-order valence-electron chi connectivity index (χ3n) is 3.64. The maximum Gasteiger partial charge on any atom is 0.173 e. The van der Waals surface area contributed by atoms with Crippen LogP contribution in [0.15, 0.2) is 6.07 Å². The van der Waals surface area contributed by atoms with Crippen LogP contribution in [0.2, 0.25) is 0 Å². The third-order valence-corrected chi connectivity index (χ3v) is 3.64. The summed E-state index contributed by atoms with van der Waals surface area (Å²) < 4.78 is 30.8. The molecule has 3 rings (SSSR count). The number of nitrogens with one attached hydrogen (secondary N) is 1. The van der Waals surface area contributed by atoms with Gasteiger partial charge in [-0.2, -0.15) is 0 Å². The molecular weight excluding hydrogens is 263 g/mol. The van der Waals surface area contributed by atoms with E-state index < -0.39 is 0 Å². The Kier molecular flexibility index (Phi) is 3.93. The van der Waals surface area contributed by atoms with Gasteiger partial charge in [0.05, 0.1) is 12.7 Å². The zero-order valence-corrected chi connectivity index (χ0v) is 11.6. The smallest absolute Gasteiger partial charge is 0.173 e. The average Bonchev–Trinajstić information content (AvgIpc) is 2.51. The van der Waals surface area contributed by atoms with Crippen molar-refractivity contribution in [2.24, 2.45) is 0 Å². The molecule has 6 heteroatoms. The Morgan fingerprint density at radius 2 is 2.05 bits per heavy atom. The van der Waals surface area contributed by atoms with Gasteiger partial charge in [-0.3, -0.25) is 4.90 Å². The van der Waals surface area contributed by atoms with Crippen LogP contribution in [0, 0.1) is 5.82 Å². The molecule has 110 valence electrons. The Morgan fingerprint density at radius 3 is 2.80 bits per heavy atom. The molecule has 0 aromatic heterocycles. The summed E-state index contributed by atoms with van der Waals surface area (Å²) in [6.07, 6.45) is 0. The van der Waals surface area contributed by atoms with E-state index in [1.54, 1.807) is 6.07 Å². The van der Waals surface area contributed by atoms with E-state index in [1.807, 2.05) is 0 Å². The van der Waals surface area contributed by atoms with Crippen molar-refractivity contribution >= 4 is 0 Å². The molecule has 0 aliphatic carbocycles. The topological polar surface area (TPSA) is 43.0 Å². The lowest BCUT2D eigenvalue weighted by molar-refractivity contribution is 0.161. The van der Waals surface area contributed by atoms with Crippen LogP contribution >= 0.6 is 0 Å². The van der Waals surface area contributed by atoms with E-state index in [0.717, 1.165) is 26.2 Å². The molecule has 2 aliphatic heterocycles. The molecule has 20 heavy (non-hydrogen) atoms. The van der Waals surface area contributed by atoms with E-state index >= 15 is 0 Å². The molecule has 0 bridgehead atoms. The second-order valence-electron chi connectivity index (χ2n) is 4.92. The highest BCUT2D eigenvalue weighted by Crippen LogP contribution is 2.40. The Morgan fingerprint density at radius 1 is 1.30 bits per heavy atom. The second kappa shape index (κ2) is 5.85. The van der Waals surface area contributed by atoms with Crippen LogP contribution in [0.5, 0.6) is 17.2 Å². The van der Waals surface area contributed by atoms with E-state index in [2.05, 4.69) is 10.2 Å². The highest BCUT2D eigenvalue weighted by atomic mass is 19.1. The van der Waals surface area contributed by atoms with E-state index in [-0.39, 0.29) is 11.6 Å². The average molecular weight is 282 g/mol. The number of fused-ring (bicyclic) bond motifs is 1. The molecule has 5 nitrogen and oxygen atoms in total. The van der Waals surface area contributed by atoms with E-state index in [4.69, 9.17) is 14.2 Å². The van der Waals surface area contributed by atoms with Gasteiger partial charge in [0.2, 0.25) is 0 Å². The van der Waals surface area contributed by atoms with Crippen LogP contribution in [0.1, 0.15) is 5.56 Å². The lowest BCUT2D eigenvalue weighted by Gasteiger charge is -2.29. The first-order chi connectivity index (χ1) is 9.79. The van der Waals surface area contributed by atoms with Gasteiger partial charge in [0, 0.05) is 38.8 Å². The normalized spacial score (nSPS) is 18.9. The fourth-order valence-electron chi connectivity index (χ4n) is 2.59. The van der Waals surface area contributed by atoms with Crippen LogP contribution in [0.3, 0.4) is 0 Å². The van der Waals surface area contributed by atoms with Gasteiger partial charge >= 0.3 is 0 Å². The number of halogens is 1. The molecule has 1 saturated heterocycles. The first kappa shape index (κ1) is 13.5. The van der Waals surface area contributed by atoms with Gasteiger partial charge in [-0.15, -0.1) is 0 Å².